The maximum absolute atomic E-state index is 3.90. The van der Waals surface area contributed by atoms with Crippen molar-refractivity contribution in [2.75, 3.05) is 19.6 Å². The van der Waals surface area contributed by atoms with Crippen LogP contribution in [0.4, 0.5) is 0 Å². The average molecular weight is 250 g/mol. The molecule has 0 spiro atoms. The second-order valence-corrected chi connectivity index (χ2v) is 7.29. The summed E-state index contributed by atoms with van der Waals surface area (Å²) in [5.41, 5.74) is 0. The van der Waals surface area contributed by atoms with Gasteiger partial charge in [0, 0.05) is 18.6 Å². The van der Waals surface area contributed by atoms with Crippen LogP contribution in [-0.2, 0) is 0 Å². The van der Waals surface area contributed by atoms with Crippen LogP contribution in [0.25, 0.3) is 0 Å². The molecule has 3 fully saturated rings. The van der Waals surface area contributed by atoms with Crippen LogP contribution in [-0.4, -0.2) is 36.6 Å². The van der Waals surface area contributed by atoms with Gasteiger partial charge in [0.25, 0.3) is 0 Å². The summed E-state index contributed by atoms with van der Waals surface area (Å²) in [6.07, 6.45) is 8.64. The van der Waals surface area contributed by atoms with Crippen molar-refractivity contribution < 1.29 is 0 Å². The van der Waals surface area contributed by atoms with Crippen molar-refractivity contribution in [2.45, 2.75) is 64.5 Å². The Hall–Kier alpha value is -0.0800. The quantitative estimate of drug-likeness (QED) is 0.825. The van der Waals surface area contributed by atoms with E-state index < -0.39 is 0 Å². The molecule has 2 saturated carbocycles. The first-order valence-corrected chi connectivity index (χ1v) is 8.20. The lowest BCUT2D eigenvalue weighted by Crippen LogP contribution is -2.42. The van der Waals surface area contributed by atoms with Gasteiger partial charge in [0.1, 0.15) is 0 Å². The maximum atomic E-state index is 3.90. The van der Waals surface area contributed by atoms with Crippen molar-refractivity contribution in [1.82, 2.24) is 10.2 Å². The van der Waals surface area contributed by atoms with E-state index >= 15 is 0 Å². The molecular weight excluding hydrogens is 220 g/mol. The second kappa shape index (κ2) is 5.50. The van der Waals surface area contributed by atoms with Crippen LogP contribution in [0.15, 0.2) is 0 Å². The van der Waals surface area contributed by atoms with Crippen LogP contribution in [0.2, 0.25) is 0 Å². The minimum absolute atomic E-state index is 0.795. The molecule has 0 aromatic carbocycles. The summed E-state index contributed by atoms with van der Waals surface area (Å²) in [5, 5.41) is 3.90. The van der Waals surface area contributed by atoms with E-state index in [1.54, 1.807) is 0 Å². The molecule has 4 unspecified atom stereocenters. The molecule has 104 valence electrons. The monoisotopic (exact) mass is 250 g/mol. The van der Waals surface area contributed by atoms with Gasteiger partial charge < -0.3 is 10.2 Å². The van der Waals surface area contributed by atoms with E-state index in [0.29, 0.717) is 0 Å². The van der Waals surface area contributed by atoms with Gasteiger partial charge in [-0.25, -0.2) is 0 Å². The SMILES string of the molecule is CC1CCC(C)C(NCC2CCN(C3CC3)C2)C1. The Kier molecular flexibility index (Phi) is 3.95. The number of nitrogens with zero attached hydrogens (tertiary/aromatic N) is 1. The highest BCUT2D eigenvalue weighted by molar-refractivity contribution is 4.91. The first kappa shape index (κ1) is 12.9. The molecule has 1 heterocycles. The van der Waals surface area contributed by atoms with Gasteiger partial charge in [0.15, 0.2) is 0 Å². The summed E-state index contributed by atoms with van der Waals surface area (Å²) in [7, 11) is 0. The zero-order valence-electron chi connectivity index (χ0n) is 12.2. The summed E-state index contributed by atoms with van der Waals surface area (Å²) in [6, 6.07) is 1.77. The van der Waals surface area contributed by atoms with Crippen molar-refractivity contribution in [3.05, 3.63) is 0 Å². The Morgan fingerprint density at radius 2 is 1.89 bits per heavy atom. The van der Waals surface area contributed by atoms with Crippen molar-refractivity contribution in [2.24, 2.45) is 17.8 Å². The standard InChI is InChI=1S/C16H30N2/c1-12-3-4-13(2)16(9-12)17-10-14-7-8-18(11-14)15-5-6-15/h12-17H,3-11H2,1-2H3. The Balaban J connectivity index is 1.40. The Labute approximate surface area is 113 Å². The third-order valence-corrected chi connectivity index (χ3v) is 5.51. The molecule has 0 aromatic rings. The normalized spacial score (nSPS) is 42.3. The number of hydrogen-bond donors (Lipinski definition) is 1. The number of hydrogen-bond acceptors (Lipinski definition) is 2. The first-order valence-electron chi connectivity index (χ1n) is 8.20. The summed E-state index contributed by atoms with van der Waals surface area (Å²) >= 11 is 0. The largest absolute Gasteiger partial charge is 0.313 e. The van der Waals surface area contributed by atoms with Crippen LogP contribution in [0.1, 0.15) is 52.4 Å². The van der Waals surface area contributed by atoms with Crippen LogP contribution in [0, 0.1) is 17.8 Å². The van der Waals surface area contributed by atoms with E-state index in [-0.39, 0.29) is 0 Å². The average Bonchev–Trinajstić information content (AvgIpc) is 3.10. The van der Waals surface area contributed by atoms with Gasteiger partial charge in [-0.1, -0.05) is 20.3 Å². The molecule has 3 rings (SSSR count). The van der Waals surface area contributed by atoms with E-state index in [4.69, 9.17) is 0 Å². The van der Waals surface area contributed by atoms with Gasteiger partial charge in [0.2, 0.25) is 0 Å². The third-order valence-electron chi connectivity index (χ3n) is 5.51. The Morgan fingerprint density at radius 1 is 1.06 bits per heavy atom. The van der Waals surface area contributed by atoms with Gasteiger partial charge >= 0.3 is 0 Å². The van der Waals surface area contributed by atoms with Gasteiger partial charge in [-0.05, 0) is 62.9 Å². The van der Waals surface area contributed by atoms with Crippen molar-refractivity contribution in [3.63, 3.8) is 0 Å². The molecule has 4 atom stereocenters. The molecule has 0 amide bonds. The van der Waals surface area contributed by atoms with Crippen molar-refractivity contribution in [1.29, 1.82) is 0 Å². The molecule has 0 bridgehead atoms. The Bertz CT molecular complexity index is 274. The fourth-order valence-electron chi connectivity index (χ4n) is 3.94. The first-order chi connectivity index (χ1) is 8.72. The van der Waals surface area contributed by atoms with E-state index in [0.717, 1.165) is 29.8 Å². The molecule has 2 nitrogen and oxygen atoms in total. The summed E-state index contributed by atoms with van der Waals surface area (Å²) < 4.78 is 0. The highest BCUT2D eigenvalue weighted by Gasteiger charge is 2.34. The van der Waals surface area contributed by atoms with Gasteiger partial charge in [-0.2, -0.15) is 0 Å². The van der Waals surface area contributed by atoms with Gasteiger partial charge in [-0.3, -0.25) is 0 Å². The van der Waals surface area contributed by atoms with Crippen LogP contribution < -0.4 is 5.32 Å². The molecule has 2 heteroatoms. The zero-order chi connectivity index (χ0) is 12.5. The Morgan fingerprint density at radius 3 is 2.67 bits per heavy atom. The van der Waals surface area contributed by atoms with Crippen LogP contribution in [0.3, 0.4) is 0 Å². The molecule has 2 aliphatic carbocycles. The second-order valence-electron chi connectivity index (χ2n) is 7.29. The highest BCUT2D eigenvalue weighted by atomic mass is 15.2. The topological polar surface area (TPSA) is 15.3 Å². The van der Waals surface area contributed by atoms with Gasteiger partial charge in [0.05, 0.1) is 0 Å². The van der Waals surface area contributed by atoms with Gasteiger partial charge in [-0.15, -0.1) is 0 Å². The predicted octanol–water partition coefficient (Wildman–Crippen LogP) is 2.89. The molecule has 1 saturated heterocycles. The van der Waals surface area contributed by atoms with E-state index in [2.05, 4.69) is 24.1 Å². The molecule has 3 aliphatic rings. The number of rotatable bonds is 4. The molecular formula is C16H30N2. The fourth-order valence-corrected chi connectivity index (χ4v) is 3.94. The molecule has 0 aromatic heterocycles. The van der Waals surface area contributed by atoms with E-state index in [1.807, 2.05) is 0 Å². The van der Waals surface area contributed by atoms with Crippen LogP contribution in [0.5, 0.6) is 0 Å². The van der Waals surface area contributed by atoms with Crippen molar-refractivity contribution in [3.8, 4) is 0 Å². The lowest BCUT2D eigenvalue weighted by molar-refractivity contribution is 0.219. The smallest absolute Gasteiger partial charge is 0.00965 e. The summed E-state index contributed by atoms with van der Waals surface area (Å²) in [6.45, 7) is 8.87. The molecule has 0 radical (unpaired) electrons. The lowest BCUT2D eigenvalue weighted by atomic mass is 9.80. The van der Waals surface area contributed by atoms with E-state index in [9.17, 15) is 0 Å². The number of nitrogens with one attached hydrogen (secondary N) is 1. The third kappa shape index (κ3) is 3.08. The zero-order valence-corrected chi connectivity index (χ0v) is 12.2. The molecule has 1 N–H and O–H groups in total. The van der Waals surface area contributed by atoms with Crippen molar-refractivity contribution >= 4 is 0 Å². The predicted molar refractivity (Wildman–Crippen MR) is 76.7 cm³/mol. The lowest BCUT2D eigenvalue weighted by Gasteiger charge is -2.34. The maximum Gasteiger partial charge on any atom is 0.00965 e. The summed E-state index contributed by atoms with van der Waals surface area (Å²) in [5.74, 6) is 2.75. The van der Waals surface area contributed by atoms with Crippen LogP contribution >= 0.6 is 0 Å². The van der Waals surface area contributed by atoms with E-state index in [1.165, 1.54) is 58.2 Å². The summed E-state index contributed by atoms with van der Waals surface area (Å²) in [4.78, 5) is 2.74. The molecule has 18 heavy (non-hydrogen) atoms. The minimum atomic E-state index is 0.795. The number of likely N-dealkylation sites (tertiary alicyclic amines) is 1. The highest BCUT2D eigenvalue weighted by Crippen LogP contribution is 2.32. The minimum Gasteiger partial charge on any atom is -0.313 e. The molecule has 1 aliphatic heterocycles. The fraction of sp³-hybridized carbons (Fsp3) is 1.00.